The summed E-state index contributed by atoms with van der Waals surface area (Å²) in [4.78, 5) is 0. The molecule has 0 heterocycles. The van der Waals surface area contributed by atoms with E-state index in [9.17, 15) is 0 Å². The van der Waals surface area contributed by atoms with Crippen molar-refractivity contribution in [1.82, 2.24) is 0 Å². The molecule has 54 valence electrons. The van der Waals surface area contributed by atoms with E-state index >= 15 is 0 Å². The molecule has 0 bridgehead atoms. The first kappa shape index (κ1) is 8.66. The molecule has 9 heavy (non-hydrogen) atoms. The van der Waals surface area contributed by atoms with Crippen molar-refractivity contribution < 1.29 is 10.2 Å². The van der Waals surface area contributed by atoms with Gasteiger partial charge in [-0.1, -0.05) is 19.1 Å². The van der Waals surface area contributed by atoms with Crippen LogP contribution in [0.25, 0.3) is 0 Å². The Morgan fingerprint density at radius 3 is 2.56 bits per heavy atom. The summed E-state index contributed by atoms with van der Waals surface area (Å²) in [6.45, 7) is 1.88. The molecule has 0 spiro atoms. The first-order chi connectivity index (χ1) is 4.31. The van der Waals surface area contributed by atoms with Crippen molar-refractivity contribution >= 4 is 0 Å². The fraction of sp³-hybridized carbons (Fsp3) is 0.714. The highest BCUT2D eigenvalue weighted by Gasteiger charge is 1.95. The molecule has 0 aliphatic heterocycles. The van der Waals surface area contributed by atoms with Crippen molar-refractivity contribution in [2.24, 2.45) is 0 Å². The predicted octanol–water partition coefficient (Wildman–Crippen LogP) is 0.696. The SMILES string of the molecule is CC/C=C/C[C@@H](O)CO. The molecule has 0 amide bonds. The van der Waals surface area contributed by atoms with Gasteiger partial charge < -0.3 is 10.2 Å². The molecule has 0 saturated carbocycles. The van der Waals surface area contributed by atoms with Gasteiger partial charge in [0, 0.05) is 0 Å². The summed E-state index contributed by atoms with van der Waals surface area (Å²) in [7, 11) is 0. The molecular weight excluding hydrogens is 116 g/mol. The maximum absolute atomic E-state index is 8.78. The number of aliphatic hydroxyl groups is 2. The summed E-state index contributed by atoms with van der Waals surface area (Å²) in [6.07, 6.45) is 4.82. The van der Waals surface area contributed by atoms with Crippen LogP contribution < -0.4 is 0 Å². The lowest BCUT2D eigenvalue weighted by Gasteiger charge is -1.99. The van der Waals surface area contributed by atoms with E-state index in [4.69, 9.17) is 10.2 Å². The third-order valence-electron chi connectivity index (χ3n) is 1.02. The molecule has 0 fully saturated rings. The van der Waals surface area contributed by atoms with E-state index in [2.05, 4.69) is 0 Å². The molecule has 0 unspecified atom stereocenters. The van der Waals surface area contributed by atoms with E-state index in [1.54, 1.807) is 0 Å². The summed E-state index contributed by atoms with van der Waals surface area (Å²) < 4.78 is 0. The lowest BCUT2D eigenvalue weighted by atomic mass is 10.2. The number of rotatable bonds is 4. The zero-order valence-electron chi connectivity index (χ0n) is 5.75. The van der Waals surface area contributed by atoms with Crippen LogP contribution in [0.4, 0.5) is 0 Å². The van der Waals surface area contributed by atoms with Gasteiger partial charge in [0.25, 0.3) is 0 Å². The highest BCUT2D eigenvalue weighted by molar-refractivity contribution is 4.82. The minimum Gasteiger partial charge on any atom is -0.394 e. The summed E-state index contributed by atoms with van der Waals surface area (Å²) in [6, 6.07) is 0. The second-order valence-corrected chi connectivity index (χ2v) is 1.95. The molecule has 0 aliphatic rings. The quantitative estimate of drug-likeness (QED) is 0.550. The van der Waals surface area contributed by atoms with E-state index in [-0.39, 0.29) is 6.61 Å². The number of allylic oxidation sites excluding steroid dienone is 1. The zero-order valence-corrected chi connectivity index (χ0v) is 5.75. The normalized spacial score (nSPS) is 14.6. The van der Waals surface area contributed by atoms with Gasteiger partial charge in [-0.3, -0.25) is 0 Å². The van der Waals surface area contributed by atoms with E-state index in [1.807, 2.05) is 19.1 Å². The van der Waals surface area contributed by atoms with Crippen LogP contribution in [-0.2, 0) is 0 Å². The topological polar surface area (TPSA) is 40.5 Å². The van der Waals surface area contributed by atoms with Crippen molar-refractivity contribution in [1.29, 1.82) is 0 Å². The van der Waals surface area contributed by atoms with Crippen molar-refractivity contribution in [2.45, 2.75) is 25.9 Å². The molecule has 0 aromatic rings. The van der Waals surface area contributed by atoms with Crippen LogP contribution in [0.15, 0.2) is 12.2 Å². The third kappa shape index (κ3) is 5.53. The minimum absolute atomic E-state index is 0.145. The van der Waals surface area contributed by atoms with Crippen LogP contribution in [0.1, 0.15) is 19.8 Å². The van der Waals surface area contributed by atoms with E-state index in [0.29, 0.717) is 6.42 Å². The molecule has 0 radical (unpaired) electrons. The first-order valence-corrected chi connectivity index (χ1v) is 3.25. The minimum atomic E-state index is -0.576. The van der Waals surface area contributed by atoms with Crippen LogP contribution in [0.2, 0.25) is 0 Å². The van der Waals surface area contributed by atoms with Crippen LogP contribution in [-0.4, -0.2) is 22.9 Å². The van der Waals surface area contributed by atoms with Crippen LogP contribution in [0.3, 0.4) is 0 Å². The largest absolute Gasteiger partial charge is 0.394 e. The Kier molecular flexibility index (Phi) is 5.57. The Hall–Kier alpha value is -0.340. The van der Waals surface area contributed by atoms with E-state index < -0.39 is 6.10 Å². The Morgan fingerprint density at radius 1 is 1.44 bits per heavy atom. The van der Waals surface area contributed by atoms with Crippen LogP contribution in [0, 0.1) is 0 Å². The second kappa shape index (κ2) is 5.79. The van der Waals surface area contributed by atoms with Gasteiger partial charge in [-0.25, -0.2) is 0 Å². The fourth-order valence-electron chi connectivity index (χ4n) is 0.495. The van der Waals surface area contributed by atoms with Crippen molar-refractivity contribution in [3.8, 4) is 0 Å². The summed E-state index contributed by atoms with van der Waals surface area (Å²) in [5.74, 6) is 0. The first-order valence-electron chi connectivity index (χ1n) is 3.25. The second-order valence-electron chi connectivity index (χ2n) is 1.95. The van der Waals surface area contributed by atoms with Crippen molar-refractivity contribution in [3.05, 3.63) is 12.2 Å². The molecule has 0 rings (SSSR count). The van der Waals surface area contributed by atoms with Gasteiger partial charge in [0.15, 0.2) is 0 Å². The third-order valence-corrected chi connectivity index (χ3v) is 1.02. The number of hydrogen-bond acceptors (Lipinski definition) is 2. The standard InChI is InChI=1S/C7H14O2/c1-2-3-4-5-7(9)6-8/h3-4,7-9H,2,5-6H2,1H3/b4-3+/t7-/m1/s1. The molecular formula is C7H14O2. The molecule has 0 aliphatic carbocycles. The summed E-state index contributed by atoms with van der Waals surface area (Å²) >= 11 is 0. The Balaban J connectivity index is 3.15. The van der Waals surface area contributed by atoms with Gasteiger partial charge in [0.1, 0.15) is 0 Å². The Morgan fingerprint density at radius 2 is 2.11 bits per heavy atom. The molecule has 0 aromatic heterocycles. The molecule has 2 nitrogen and oxygen atoms in total. The van der Waals surface area contributed by atoms with Gasteiger partial charge in [0.05, 0.1) is 12.7 Å². The fourth-order valence-corrected chi connectivity index (χ4v) is 0.495. The predicted molar refractivity (Wildman–Crippen MR) is 37.1 cm³/mol. The number of aliphatic hydroxyl groups excluding tert-OH is 2. The number of hydrogen-bond donors (Lipinski definition) is 2. The highest BCUT2D eigenvalue weighted by Crippen LogP contribution is 1.92. The van der Waals surface area contributed by atoms with Crippen molar-refractivity contribution in [2.75, 3.05) is 6.61 Å². The maximum atomic E-state index is 8.78. The van der Waals surface area contributed by atoms with E-state index in [1.165, 1.54) is 0 Å². The Bertz CT molecular complexity index is 79.0. The average molecular weight is 130 g/mol. The van der Waals surface area contributed by atoms with Gasteiger partial charge in [-0.05, 0) is 12.8 Å². The zero-order chi connectivity index (χ0) is 7.11. The molecule has 0 aromatic carbocycles. The van der Waals surface area contributed by atoms with Crippen LogP contribution in [0.5, 0.6) is 0 Å². The lowest BCUT2D eigenvalue weighted by Crippen LogP contribution is -2.09. The van der Waals surface area contributed by atoms with E-state index in [0.717, 1.165) is 6.42 Å². The van der Waals surface area contributed by atoms with Crippen LogP contribution >= 0.6 is 0 Å². The smallest absolute Gasteiger partial charge is 0.0805 e. The van der Waals surface area contributed by atoms with Gasteiger partial charge >= 0.3 is 0 Å². The molecule has 1 atom stereocenters. The maximum Gasteiger partial charge on any atom is 0.0805 e. The molecule has 2 N–H and O–H groups in total. The highest BCUT2D eigenvalue weighted by atomic mass is 16.3. The summed E-state index contributed by atoms with van der Waals surface area (Å²) in [5.41, 5.74) is 0. The molecule has 0 saturated heterocycles. The average Bonchev–Trinajstić information content (AvgIpc) is 1.89. The Labute approximate surface area is 55.8 Å². The summed E-state index contributed by atoms with van der Waals surface area (Å²) in [5, 5.41) is 17.1. The van der Waals surface area contributed by atoms with Gasteiger partial charge in [-0.15, -0.1) is 0 Å². The lowest BCUT2D eigenvalue weighted by molar-refractivity contribution is 0.0975. The van der Waals surface area contributed by atoms with Crippen molar-refractivity contribution in [3.63, 3.8) is 0 Å². The molecule has 2 heteroatoms. The van der Waals surface area contributed by atoms with Gasteiger partial charge in [0.2, 0.25) is 0 Å². The van der Waals surface area contributed by atoms with Gasteiger partial charge in [-0.2, -0.15) is 0 Å². The monoisotopic (exact) mass is 130 g/mol.